The van der Waals surface area contributed by atoms with Crippen molar-refractivity contribution in [2.45, 2.75) is 6.92 Å². The van der Waals surface area contributed by atoms with Crippen LogP contribution in [0.15, 0.2) is 47.4 Å². The van der Waals surface area contributed by atoms with Gasteiger partial charge in [-0.15, -0.1) is 0 Å². The number of nitrogens with zero attached hydrogens (tertiary/aromatic N) is 2. The van der Waals surface area contributed by atoms with Crippen LogP contribution in [-0.2, 0) is 0 Å². The van der Waals surface area contributed by atoms with Gasteiger partial charge in [-0.2, -0.15) is 0 Å². The van der Waals surface area contributed by atoms with Gasteiger partial charge in [-0.25, -0.2) is 9.97 Å². The zero-order valence-electron chi connectivity index (χ0n) is 13.5. The molecule has 0 saturated carbocycles. The molecule has 0 radical (unpaired) electrons. The Balaban J connectivity index is 1.81. The van der Waals surface area contributed by atoms with Crippen LogP contribution in [-0.4, -0.2) is 20.9 Å². The largest absolute Gasteiger partial charge is 0.325 e. The molecule has 3 N–H and O–H groups in total. The summed E-state index contributed by atoms with van der Waals surface area (Å²) in [6.45, 7) is 1.67. The predicted molar refractivity (Wildman–Crippen MR) is 102 cm³/mol. The quantitative estimate of drug-likeness (QED) is 0.630. The van der Waals surface area contributed by atoms with E-state index in [4.69, 9.17) is 23.2 Å². The molecule has 0 atom stereocenters. The fraction of sp³-hybridized carbons (Fsp3) is 0.0588. The predicted octanol–water partition coefficient (Wildman–Crippen LogP) is 3.78. The molecule has 9 heteroatoms. The maximum atomic E-state index is 12.4. The fourth-order valence-corrected chi connectivity index (χ4v) is 2.83. The first-order valence-electron chi connectivity index (χ1n) is 7.49. The summed E-state index contributed by atoms with van der Waals surface area (Å²) in [7, 11) is 0. The molecule has 3 rings (SSSR count). The summed E-state index contributed by atoms with van der Waals surface area (Å²) in [5.74, 6) is 0.780. The minimum absolute atomic E-state index is 0.189. The van der Waals surface area contributed by atoms with Gasteiger partial charge in [0.1, 0.15) is 17.5 Å². The number of aromatic amines is 1. The highest BCUT2D eigenvalue weighted by molar-refractivity contribution is 6.40. The van der Waals surface area contributed by atoms with E-state index >= 15 is 0 Å². The van der Waals surface area contributed by atoms with Gasteiger partial charge >= 0.3 is 0 Å². The Morgan fingerprint density at radius 3 is 2.54 bits per heavy atom. The topological polar surface area (TPSA) is 99.8 Å². The first-order chi connectivity index (χ1) is 12.4. The van der Waals surface area contributed by atoms with Crippen molar-refractivity contribution in [1.82, 2.24) is 15.0 Å². The molecule has 0 fully saturated rings. The maximum absolute atomic E-state index is 12.4. The third-order valence-electron chi connectivity index (χ3n) is 3.32. The van der Waals surface area contributed by atoms with Crippen LogP contribution in [0.5, 0.6) is 0 Å². The number of carbonyl (C=O) groups excluding carboxylic acids is 1. The number of benzene rings is 1. The van der Waals surface area contributed by atoms with Crippen molar-refractivity contribution in [1.29, 1.82) is 0 Å². The summed E-state index contributed by atoms with van der Waals surface area (Å²) in [5.41, 5.74) is 0.386. The lowest BCUT2D eigenvalue weighted by Gasteiger charge is -2.10. The van der Waals surface area contributed by atoms with Crippen LogP contribution in [0.4, 0.5) is 17.3 Å². The summed E-state index contributed by atoms with van der Waals surface area (Å²) in [4.78, 5) is 34.8. The van der Waals surface area contributed by atoms with Gasteiger partial charge in [0.05, 0.1) is 15.6 Å². The van der Waals surface area contributed by atoms with Crippen molar-refractivity contribution in [2.24, 2.45) is 0 Å². The van der Waals surface area contributed by atoms with E-state index in [0.717, 1.165) is 0 Å². The molecule has 26 heavy (non-hydrogen) atoms. The minimum Gasteiger partial charge on any atom is -0.325 e. The minimum atomic E-state index is -0.442. The molecule has 0 aliphatic rings. The summed E-state index contributed by atoms with van der Waals surface area (Å²) in [6, 6.07) is 9.35. The normalized spacial score (nSPS) is 10.4. The van der Waals surface area contributed by atoms with Crippen molar-refractivity contribution in [3.8, 4) is 0 Å². The zero-order chi connectivity index (χ0) is 18.7. The number of aromatic nitrogens is 3. The summed E-state index contributed by atoms with van der Waals surface area (Å²) in [5, 5.41) is 6.14. The number of carbonyl (C=O) groups is 1. The third kappa shape index (κ3) is 4.19. The highest BCUT2D eigenvalue weighted by Gasteiger charge is 2.15. The average Bonchev–Trinajstić information content (AvgIpc) is 2.54. The molecule has 2 aromatic heterocycles. The number of anilines is 3. The van der Waals surface area contributed by atoms with Gasteiger partial charge in [-0.1, -0.05) is 29.3 Å². The highest BCUT2D eigenvalue weighted by Crippen LogP contribution is 2.25. The van der Waals surface area contributed by atoms with E-state index in [9.17, 15) is 9.59 Å². The van der Waals surface area contributed by atoms with Gasteiger partial charge in [0.25, 0.3) is 11.5 Å². The van der Waals surface area contributed by atoms with Gasteiger partial charge in [-0.05, 0) is 25.1 Å². The molecule has 0 spiro atoms. The lowest BCUT2D eigenvalue weighted by Crippen LogP contribution is -2.13. The number of nitrogens with one attached hydrogen (secondary N) is 3. The number of amides is 1. The number of hydrogen-bond donors (Lipinski definition) is 3. The van der Waals surface area contributed by atoms with Gasteiger partial charge < -0.3 is 15.6 Å². The molecular weight excluding hydrogens is 377 g/mol. The number of rotatable bonds is 4. The Morgan fingerprint density at radius 2 is 1.85 bits per heavy atom. The van der Waals surface area contributed by atoms with E-state index in [0.29, 0.717) is 23.1 Å². The standard InChI is InChI=1S/C17H13Cl2N5O2/c1-9-21-14(8-15(25)22-9)24-13-7-10(5-6-20-13)23-17(26)16-11(18)3-2-4-12(16)19/h2-8H,1H3,(H3,20,21,22,23,24,25,26). The third-order valence-corrected chi connectivity index (χ3v) is 3.95. The van der Waals surface area contributed by atoms with Crippen molar-refractivity contribution in [3.63, 3.8) is 0 Å². The van der Waals surface area contributed by atoms with E-state index in [-0.39, 0.29) is 21.2 Å². The van der Waals surface area contributed by atoms with Crippen LogP contribution < -0.4 is 16.2 Å². The molecule has 132 valence electrons. The Kier molecular flexibility index (Phi) is 5.20. The van der Waals surface area contributed by atoms with E-state index in [1.807, 2.05) is 0 Å². The molecule has 7 nitrogen and oxygen atoms in total. The van der Waals surface area contributed by atoms with Crippen LogP contribution in [0.25, 0.3) is 0 Å². The molecule has 0 saturated heterocycles. The zero-order valence-corrected chi connectivity index (χ0v) is 15.0. The number of aryl methyl sites for hydroxylation is 1. The summed E-state index contributed by atoms with van der Waals surface area (Å²) < 4.78 is 0. The second-order valence-electron chi connectivity index (χ2n) is 5.32. The second kappa shape index (κ2) is 7.55. The molecule has 0 aliphatic heterocycles. The van der Waals surface area contributed by atoms with Crippen molar-refractivity contribution in [2.75, 3.05) is 10.6 Å². The van der Waals surface area contributed by atoms with E-state index in [1.165, 1.54) is 12.3 Å². The lowest BCUT2D eigenvalue weighted by atomic mass is 10.2. The first-order valence-corrected chi connectivity index (χ1v) is 8.24. The van der Waals surface area contributed by atoms with Gasteiger partial charge in [0.2, 0.25) is 0 Å². The van der Waals surface area contributed by atoms with Crippen LogP contribution >= 0.6 is 23.2 Å². The summed E-state index contributed by atoms with van der Waals surface area (Å²) in [6.07, 6.45) is 1.51. The smallest absolute Gasteiger partial charge is 0.258 e. The number of H-pyrrole nitrogens is 1. The molecule has 1 amide bonds. The van der Waals surface area contributed by atoms with Crippen LogP contribution in [0, 0.1) is 6.92 Å². The Labute approximate surface area is 158 Å². The molecule has 2 heterocycles. The lowest BCUT2D eigenvalue weighted by molar-refractivity contribution is 0.102. The molecule has 0 bridgehead atoms. The SMILES string of the molecule is Cc1nc(Nc2cc(NC(=O)c3c(Cl)cccc3Cl)ccn2)cc(=O)[nH]1. The number of halogens is 2. The summed E-state index contributed by atoms with van der Waals surface area (Å²) >= 11 is 12.1. The van der Waals surface area contributed by atoms with Gasteiger partial charge in [-0.3, -0.25) is 9.59 Å². The molecule has 0 aliphatic carbocycles. The van der Waals surface area contributed by atoms with E-state index < -0.39 is 5.91 Å². The first kappa shape index (κ1) is 17.9. The van der Waals surface area contributed by atoms with Gasteiger partial charge in [0.15, 0.2) is 0 Å². The number of pyridine rings is 1. The highest BCUT2D eigenvalue weighted by atomic mass is 35.5. The van der Waals surface area contributed by atoms with Crippen LogP contribution in [0.1, 0.15) is 16.2 Å². The van der Waals surface area contributed by atoms with E-state index in [1.54, 1.807) is 37.3 Å². The Hall–Kier alpha value is -2.90. The molecule has 0 unspecified atom stereocenters. The Morgan fingerprint density at radius 1 is 1.12 bits per heavy atom. The maximum Gasteiger partial charge on any atom is 0.258 e. The van der Waals surface area contributed by atoms with E-state index in [2.05, 4.69) is 25.6 Å². The van der Waals surface area contributed by atoms with Crippen molar-refractivity contribution < 1.29 is 4.79 Å². The van der Waals surface area contributed by atoms with Crippen LogP contribution in [0.3, 0.4) is 0 Å². The molecule has 1 aromatic carbocycles. The average molecular weight is 390 g/mol. The second-order valence-corrected chi connectivity index (χ2v) is 6.14. The molecular formula is C17H13Cl2N5O2. The van der Waals surface area contributed by atoms with Gasteiger partial charge in [0, 0.05) is 24.0 Å². The van der Waals surface area contributed by atoms with Crippen molar-refractivity contribution >= 4 is 46.4 Å². The molecule has 3 aromatic rings. The van der Waals surface area contributed by atoms with Crippen molar-refractivity contribution in [3.05, 3.63) is 74.4 Å². The Bertz CT molecular complexity index is 1020. The van der Waals surface area contributed by atoms with Crippen LogP contribution in [0.2, 0.25) is 10.0 Å². The monoisotopic (exact) mass is 389 g/mol. The number of hydrogen-bond acceptors (Lipinski definition) is 5. The fourth-order valence-electron chi connectivity index (χ4n) is 2.26.